The molecule has 0 aliphatic rings. The Balaban J connectivity index is 2.69. The minimum Gasteiger partial charge on any atom is -0.304 e. The summed E-state index contributed by atoms with van der Waals surface area (Å²) in [6, 6.07) is 10.6. The van der Waals surface area contributed by atoms with Crippen molar-refractivity contribution >= 4 is 0 Å². The van der Waals surface area contributed by atoms with Gasteiger partial charge in [-0.15, -0.1) is 0 Å². The van der Waals surface area contributed by atoms with E-state index in [0.29, 0.717) is 0 Å². The maximum atomic E-state index is 2.26. The summed E-state index contributed by atoms with van der Waals surface area (Å²) in [5.41, 5.74) is 1.64. The standard InChI is InChI=1S/C12H19N/c1-12(2,13(3)4)10-11-8-6-5-7-9-11/h5-9H,10H2,1-4H3. The van der Waals surface area contributed by atoms with Crippen LogP contribution < -0.4 is 0 Å². The molecule has 0 heterocycles. The van der Waals surface area contributed by atoms with Crippen molar-refractivity contribution in [2.75, 3.05) is 14.1 Å². The van der Waals surface area contributed by atoms with Gasteiger partial charge in [-0.2, -0.15) is 0 Å². The summed E-state index contributed by atoms with van der Waals surface area (Å²) in [5, 5.41) is 0. The molecule has 0 saturated heterocycles. The Labute approximate surface area is 81.4 Å². The van der Waals surface area contributed by atoms with E-state index in [1.54, 1.807) is 0 Å². The van der Waals surface area contributed by atoms with Crippen LogP contribution in [0.3, 0.4) is 0 Å². The van der Waals surface area contributed by atoms with Crippen LogP contribution in [0.4, 0.5) is 0 Å². The van der Waals surface area contributed by atoms with Crippen molar-refractivity contribution in [1.82, 2.24) is 4.90 Å². The van der Waals surface area contributed by atoms with Crippen molar-refractivity contribution in [3.8, 4) is 0 Å². The van der Waals surface area contributed by atoms with E-state index in [2.05, 4.69) is 63.2 Å². The lowest BCUT2D eigenvalue weighted by Crippen LogP contribution is -2.40. The maximum absolute atomic E-state index is 2.26. The van der Waals surface area contributed by atoms with Crippen LogP contribution >= 0.6 is 0 Å². The van der Waals surface area contributed by atoms with Crippen LogP contribution in [-0.2, 0) is 6.42 Å². The van der Waals surface area contributed by atoms with E-state index in [9.17, 15) is 0 Å². The monoisotopic (exact) mass is 177 g/mol. The van der Waals surface area contributed by atoms with E-state index in [4.69, 9.17) is 0 Å². The molecule has 1 rings (SSSR count). The fourth-order valence-corrected chi connectivity index (χ4v) is 1.25. The van der Waals surface area contributed by atoms with Crippen molar-refractivity contribution < 1.29 is 0 Å². The molecule has 0 atom stereocenters. The summed E-state index contributed by atoms with van der Waals surface area (Å²) >= 11 is 0. The minimum atomic E-state index is 0.237. The molecule has 1 aromatic carbocycles. The quantitative estimate of drug-likeness (QED) is 0.686. The second kappa shape index (κ2) is 3.93. The smallest absolute Gasteiger partial charge is 0.0187 e. The predicted octanol–water partition coefficient (Wildman–Crippen LogP) is 2.57. The average molecular weight is 177 g/mol. The highest BCUT2D eigenvalue weighted by molar-refractivity contribution is 5.17. The first-order valence-corrected chi connectivity index (χ1v) is 4.74. The molecule has 1 aromatic rings. The molecule has 1 nitrogen and oxygen atoms in total. The van der Waals surface area contributed by atoms with Crippen LogP contribution in [0, 0.1) is 0 Å². The van der Waals surface area contributed by atoms with E-state index >= 15 is 0 Å². The van der Waals surface area contributed by atoms with Gasteiger partial charge in [-0.1, -0.05) is 30.3 Å². The fourth-order valence-electron chi connectivity index (χ4n) is 1.25. The SMILES string of the molecule is CN(C)C(C)(C)Cc1ccccc1. The predicted molar refractivity (Wildman–Crippen MR) is 57.9 cm³/mol. The van der Waals surface area contributed by atoms with Gasteiger partial charge in [-0.3, -0.25) is 0 Å². The number of rotatable bonds is 3. The van der Waals surface area contributed by atoms with Gasteiger partial charge in [0.05, 0.1) is 0 Å². The van der Waals surface area contributed by atoms with Gasteiger partial charge >= 0.3 is 0 Å². The zero-order chi connectivity index (χ0) is 9.90. The van der Waals surface area contributed by atoms with Gasteiger partial charge in [0.1, 0.15) is 0 Å². The van der Waals surface area contributed by atoms with Crippen molar-refractivity contribution in [3.63, 3.8) is 0 Å². The second-order valence-electron chi connectivity index (χ2n) is 4.37. The largest absolute Gasteiger partial charge is 0.304 e. The number of nitrogens with zero attached hydrogens (tertiary/aromatic N) is 1. The number of hydrogen-bond acceptors (Lipinski definition) is 1. The Morgan fingerprint density at radius 3 is 2.08 bits per heavy atom. The maximum Gasteiger partial charge on any atom is 0.0187 e. The number of hydrogen-bond donors (Lipinski definition) is 0. The molecule has 1 heteroatoms. The third-order valence-corrected chi connectivity index (χ3v) is 2.69. The molecule has 13 heavy (non-hydrogen) atoms. The summed E-state index contributed by atoms with van der Waals surface area (Å²) in [6.07, 6.45) is 1.10. The molecule has 72 valence electrons. The molecular formula is C12H19N. The van der Waals surface area contributed by atoms with Crippen LogP contribution in [0.15, 0.2) is 30.3 Å². The zero-order valence-corrected chi connectivity index (χ0v) is 9.04. The lowest BCUT2D eigenvalue weighted by Gasteiger charge is -2.32. The van der Waals surface area contributed by atoms with Crippen molar-refractivity contribution in [1.29, 1.82) is 0 Å². The van der Waals surface area contributed by atoms with Crippen molar-refractivity contribution in [3.05, 3.63) is 35.9 Å². The van der Waals surface area contributed by atoms with Crippen LogP contribution in [0.2, 0.25) is 0 Å². The summed E-state index contributed by atoms with van der Waals surface area (Å²) in [6.45, 7) is 4.53. The first-order chi connectivity index (χ1) is 6.02. The van der Waals surface area contributed by atoms with Crippen molar-refractivity contribution in [2.24, 2.45) is 0 Å². The van der Waals surface area contributed by atoms with Crippen LogP contribution in [-0.4, -0.2) is 24.5 Å². The van der Waals surface area contributed by atoms with Gasteiger partial charge in [-0.05, 0) is 39.9 Å². The van der Waals surface area contributed by atoms with E-state index in [1.807, 2.05) is 0 Å². The van der Waals surface area contributed by atoms with E-state index in [1.165, 1.54) is 5.56 Å². The molecule has 0 aromatic heterocycles. The third kappa shape index (κ3) is 2.85. The summed E-state index contributed by atoms with van der Waals surface area (Å²) in [5.74, 6) is 0. The molecule has 0 bridgehead atoms. The van der Waals surface area contributed by atoms with Crippen LogP contribution in [0.5, 0.6) is 0 Å². The topological polar surface area (TPSA) is 3.24 Å². The van der Waals surface area contributed by atoms with Gasteiger partial charge < -0.3 is 4.90 Å². The molecule has 0 spiro atoms. The van der Waals surface area contributed by atoms with E-state index in [-0.39, 0.29) is 5.54 Å². The second-order valence-corrected chi connectivity index (χ2v) is 4.37. The summed E-state index contributed by atoms with van der Waals surface area (Å²) in [7, 11) is 4.26. The Morgan fingerprint density at radius 1 is 1.08 bits per heavy atom. The lowest BCUT2D eigenvalue weighted by molar-refractivity contribution is 0.195. The van der Waals surface area contributed by atoms with Crippen LogP contribution in [0.25, 0.3) is 0 Å². The minimum absolute atomic E-state index is 0.237. The third-order valence-electron chi connectivity index (χ3n) is 2.69. The summed E-state index contributed by atoms with van der Waals surface area (Å²) in [4.78, 5) is 2.26. The fraction of sp³-hybridized carbons (Fsp3) is 0.500. The normalized spacial score (nSPS) is 12.1. The highest BCUT2D eigenvalue weighted by Gasteiger charge is 2.20. The average Bonchev–Trinajstić information content (AvgIpc) is 2.05. The molecule has 0 unspecified atom stereocenters. The van der Waals surface area contributed by atoms with E-state index < -0.39 is 0 Å². The van der Waals surface area contributed by atoms with Gasteiger partial charge in [0.15, 0.2) is 0 Å². The number of likely N-dealkylation sites (N-methyl/N-ethyl adjacent to an activating group) is 1. The molecule has 0 amide bonds. The van der Waals surface area contributed by atoms with Gasteiger partial charge in [0.25, 0.3) is 0 Å². The highest BCUT2D eigenvalue weighted by Crippen LogP contribution is 2.16. The molecule has 0 radical (unpaired) electrons. The first kappa shape index (κ1) is 10.3. The van der Waals surface area contributed by atoms with E-state index in [0.717, 1.165) is 6.42 Å². The van der Waals surface area contributed by atoms with Gasteiger partial charge in [0, 0.05) is 5.54 Å². The van der Waals surface area contributed by atoms with Crippen molar-refractivity contribution in [2.45, 2.75) is 25.8 Å². The first-order valence-electron chi connectivity index (χ1n) is 4.74. The molecule has 0 N–H and O–H groups in total. The molecule has 0 aliphatic heterocycles. The summed E-state index contributed by atoms with van der Waals surface area (Å²) < 4.78 is 0. The highest BCUT2D eigenvalue weighted by atomic mass is 15.1. The van der Waals surface area contributed by atoms with Crippen LogP contribution in [0.1, 0.15) is 19.4 Å². The zero-order valence-electron chi connectivity index (χ0n) is 9.04. The number of benzene rings is 1. The Bertz CT molecular complexity index is 249. The Hall–Kier alpha value is -0.820. The Kier molecular flexibility index (Phi) is 3.10. The van der Waals surface area contributed by atoms with Gasteiger partial charge in [-0.25, -0.2) is 0 Å². The lowest BCUT2D eigenvalue weighted by atomic mass is 9.94. The Morgan fingerprint density at radius 2 is 1.62 bits per heavy atom. The molecule has 0 aliphatic carbocycles. The molecule has 0 fully saturated rings. The van der Waals surface area contributed by atoms with Gasteiger partial charge in [0.2, 0.25) is 0 Å². The molecular weight excluding hydrogens is 158 g/mol. The molecule has 0 saturated carbocycles.